The highest BCUT2D eigenvalue weighted by Crippen LogP contribution is 2.37. The fourth-order valence-electron chi connectivity index (χ4n) is 3.48. The van der Waals surface area contributed by atoms with Gasteiger partial charge in [0.05, 0.1) is 39.6 Å². The van der Waals surface area contributed by atoms with Gasteiger partial charge in [0.1, 0.15) is 0 Å². The Bertz CT molecular complexity index is 943. The Morgan fingerprint density at radius 3 is 2.47 bits per heavy atom. The van der Waals surface area contributed by atoms with Gasteiger partial charge in [0.25, 0.3) is 11.8 Å². The first-order valence-corrected chi connectivity index (χ1v) is 9.97. The number of nitrogens with one attached hydrogen (secondary N) is 1. The maximum absolute atomic E-state index is 13.0. The van der Waals surface area contributed by atoms with Crippen LogP contribution in [0.5, 0.6) is 0 Å². The zero-order chi connectivity index (χ0) is 22.2. The Balaban J connectivity index is 1.84. The van der Waals surface area contributed by atoms with Gasteiger partial charge in [-0.15, -0.1) is 0 Å². The molecule has 0 aromatic heterocycles. The van der Waals surface area contributed by atoms with Gasteiger partial charge in [-0.25, -0.2) is 13.6 Å². The SMILES string of the molecule is CC1CN(C(=O)NC2CC(F)(F)C2)CC(C(C(N)=O)=C(N)c2ccc(Cl)c(Cl)c2)=N1. The number of carbonyl (C=O) groups excluding carboxylic acids is 2. The van der Waals surface area contributed by atoms with E-state index in [2.05, 4.69) is 10.3 Å². The number of nitrogens with zero attached hydrogens (tertiary/aromatic N) is 2. The summed E-state index contributed by atoms with van der Waals surface area (Å²) >= 11 is 12.0. The molecule has 2 aliphatic rings. The maximum Gasteiger partial charge on any atom is 0.318 e. The van der Waals surface area contributed by atoms with Crippen LogP contribution in [0.4, 0.5) is 13.6 Å². The molecule has 1 heterocycles. The number of hydrogen-bond acceptors (Lipinski definition) is 4. The number of benzene rings is 1. The van der Waals surface area contributed by atoms with Crippen LogP contribution < -0.4 is 16.8 Å². The summed E-state index contributed by atoms with van der Waals surface area (Å²) in [5, 5.41) is 3.15. The summed E-state index contributed by atoms with van der Waals surface area (Å²) in [5.41, 5.74) is 12.4. The average molecular weight is 460 g/mol. The van der Waals surface area contributed by atoms with E-state index in [9.17, 15) is 18.4 Å². The molecule has 0 bridgehead atoms. The third-order valence-electron chi connectivity index (χ3n) is 4.94. The summed E-state index contributed by atoms with van der Waals surface area (Å²) in [5.74, 6) is -3.55. The first kappa shape index (κ1) is 22.3. The monoisotopic (exact) mass is 459 g/mol. The smallest absolute Gasteiger partial charge is 0.318 e. The molecule has 1 atom stereocenters. The van der Waals surface area contributed by atoms with Crippen LogP contribution in [0.25, 0.3) is 5.70 Å². The van der Waals surface area contributed by atoms with Crippen molar-refractivity contribution in [1.82, 2.24) is 10.2 Å². The molecule has 7 nitrogen and oxygen atoms in total. The van der Waals surface area contributed by atoms with Crippen LogP contribution in [-0.2, 0) is 4.79 Å². The predicted molar refractivity (Wildman–Crippen MR) is 112 cm³/mol. The maximum atomic E-state index is 13.0. The molecule has 1 saturated carbocycles. The molecular formula is C19H21Cl2F2N5O2. The average Bonchev–Trinajstić information content (AvgIpc) is 2.61. The van der Waals surface area contributed by atoms with Crippen molar-refractivity contribution in [3.05, 3.63) is 39.4 Å². The molecule has 1 fully saturated rings. The Labute approximate surface area is 182 Å². The molecule has 1 aliphatic carbocycles. The van der Waals surface area contributed by atoms with Gasteiger partial charge in [-0.2, -0.15) is 0 Å². The number of halogens is 4. The van der Waals surface area contributed by atoms with Gasteiger partial charge >= 0.3 is 6.03 Å². The van der Waals surface area contributed by atoms with Crippen molar-refractivity contribution < 1.29 is 18.4 Å². The standard InChI is InChI=1S/C19H21Cl2F2N5O2/c1-9-7-28(18(30)27-11-5-19(22,23)6-11)8-14(26-9)15(17(25)29)16(24)10-2-3-12(20)13(21)4-10/h2-4,9,11H,5-8,24H2,1H3,(H2,25,29)(H,27,30). The van der Waals surface area contributed by atoms with Gasteiger partial charge in [0, 0.05) is 25.4 Å². The van der Waals surface area contributed by atoms with Crippen LogP contribution in [0.1, 0.15) is 25.3 Å². The fourth-order valence-corrected chi connectivity index (χ4v) is 3.78. The molecule has 162 valence electrons. The molecule has 5 N–H and O–H groups in total. The molecule has 1 unspecified atom stereocenters. The molecule has 3 amide bonds. The van der Waals surface area contributed by atoms with Crippen molar-refractivity contribution in [2.75, 3.05) is 13.1 Å². The van der Waals surface area contributed by atoms with Gasteiger partial charge in [0.15, 0.2) is 0 Å². The molecule has 1 aromatic carbocycles. The summed E-state index contributed by atoms with van der Waals surface area (Å²) in [6.45, 7) is 1.97. The van der Waals surface area contributed by atoms with Crippen molar-refractivity contribution in [2.45, 2.75) is 37.8 Å². The number of primary amides is 1. The van der Waals surface area contributed by atoms with Gasteiger partial charge < -0.3 is 21.7 Å². The summed E-state index contributed by atoms with van der Waals surface area (Å²) in [7, 11) is 0. The lowest BCUT2D eigenvalue weighted by atomic mass is 9.88. The minimum absolute atomic E-state index is 0.0343. The minimum Gasteiger partial charge on any atom is -0.398 e. The minimum atomic E-state index is -2.74. The van der Waals surface area contributed by atoms with E-state index in [1.54, 1.807) is 13.0 Å². The van der Waals surface area contributed by atoms with Crippen LogP contribution in [0.15, 0.2) is 28.8 Å². The van der Waals surface area contributed by atoms with E-state index in [0.29, 0.717) is 10.6 Å². The van der Waals surface area contributed by atoms with Crippen molar-refractivity contribution in [1.29, 1.82) is 0 Å². The predicted octanol–water partition coefficient (Wildman–Crippen LogP) is 2.80. The van der Waals surface area contributed by atoms with Gasteiger partial charge in [0.2, 0.25) is 0 Å². The van der Waals surface area contributed by atoms with Crippen molar-refractivity contribution in [3.63, 3.8) is 0 Å². The summed E-state index contributed by atoms with van der Waals surface area (Å²) < 4.78 is 26.1. The molecular weight excluding hydrogens is 439 g/mol. The Hall–Kier alpha value is -2.39. The number of aliphatic imine (C=N–C) groups is 1. The first-order valence-electron chi connectivity index (χ1n) is 9.22. The molecule has 0 spiro atoms. The van der Waals surface area contributed by atoms with E-state index in [1.807, 2.05) is 0 Å². The lowest BCUT2D eigenvalue weighted by molar-refractivity contribution is -0.114. The van der Waals surface area contributed by atoms with E-state index in [-0.39, 0.29) is 54.0 Å². The summed E-state index contributed by atoms with van der Waals surface area (Å²) in [6, 6.07) is 3.17. The van der Waals surface area contributed by atoms with E-state index < -0.39 is 23.9 Å². The zero-order valence-electron chi connectivity index (χ0n) is 16.1. The van der Waals surface area contributed by atoms with Crippen molar-refractivity contribution >= 4 is 46.5 Å². The largest absolute Gasteiger partial charge is 0.398 e. The Morgan fingerprint density at radius 1 is 1.23 bits per heavy atom. The van der Waals surface area contributed by atoms with E-state index in [0.717, 1.165) is 0 Å². The Kier molecular flexibility index (Phi) is 6.24. The van der Waals surface area contributed by atoms with E-state index in [4.69, 9.17) is 34.7 Å². The second-order valence-electron chi connectivity index (χ2n) is 7.50. The van der Waals surface area contributed by atoms with Gasteiger partial charge in [-0.3, -0.25) is 9.79 Å². The summed E-state index contributed by atoms with van der Waals surface area (Å²) in [6.07, 6.45) is -0.778. The highest BCUT2D eigenvalue weighted by atomic mass is 35.5. The number of alkyl halides is 2. The third kappa shape index (κ3) is 4.84. The van der Waals surface area contributed by atoms with Crippen LogP contribution >= 0.6 is 23.2 Å². The zero-order valence-corrected chi connectivity index (χ0v) is 17.6. The number of urea groups is 1. The second kappa shape index (κ2) is 8.39. The number of nitrogens with two attached hydrogens (primary N) is 2. The molecule has 1 aromatic rings. The van der Waals surface area contributed by atoms with Gasteiger partial charge in [-0.1, -0.05) is 29.3 Å². The molecule has 3 rings (SSSR count). The highest BCUT2D eigenvalue weighted by molar-refractivity contribution is 6.42. The molecule has 11 heteroatoms. The Morgan fingerprint density at radius 2 is 1.90 bits per heavy atom. The fraction of sp³-hybridized carbons (Fsp3) is 0.421. The topological polar surface area (TPSA) is 114 Å². The number of rotatable bonds is 4. The number of carbonyl (C=O) groups is 2. The van der Waals surface area contributed by atoms with Crippen LogP contribution in [-0.4, -0.2) is 53.6 Å². The van der Waals surface area contributed by atoms with Crippen LogP contribution in [0, 0.1) is 0 Å². The van der Waals surface area contributed by atoms with E-state index in [1.165, 1.54) is 17.0 Å². The lowest BCUT2D eigenvalue weighted by Crippen LogP contribution is -2.56. The molecule has 30 heavy (non-hydrogen) atoms. The second-order valence-corrected chi connectivity index (χ2v) is 8.31. The lowest BCUT2D eigenvalue weighted by Gasteiger charge is -2.38. The van der Waals surface area contributed by atoms with Crippen molar-refractivity contribution in [2.24, 2.45) is 16.5 Å². The normalized spacial score (nSPS) is 22.0. The third-order valence-corrected chi connectivity index (χ3v) is 5.68. The van der Waals surface area contributed by atoms with Gasteiger partial charge in [-0.05, 0) is 24.6 Å². The molecule has 1 aliphatic heterocycles. The van der Waals surface area contributed by atoms with Crippen LogP contribution in [0.2, 0.25) is 10.0 Å². The van der Waals surface area contributed by atoms with Crippen molar-refractivity contribution in [3.8, 4) is 0 Å². The summed E-state index contributed by atoms with van der Waals surface area (Å²) in [4.78, 5) is 30.6. The van der Waals surface area contributed by atoms with Crippen LogP contribution in [0.3, 0.4) is 0 Å². The first-order chi connectivity index (χ1) is 14.0. The number of hydrogen-bond donors (Lipinski definition) is 3. The quantitative estimate of drug-likeness (QED) is 0.601. The molecule has 0 radical (unpaired) electrons. The highest BCUT2D eigenvalue weighted by Gasteiger charge is 2.46. The molecule has 0 saturated heterocycles. The van der Waals surface area contributed by atoms with E-state index >= 15 is 0 Å². The number of amides is 3.